The Labute approximate surface area is 229 Å². The summed E-state index contributed by atoms with van der Waals surface area (Å²) < 4.78 is 7.09. The standard InChI is InChI=1S/C30H40N4O3S/c1-20-7-6-8-21(2)30(20)32-29(36)18-34-14-13-33(16-23-9-4-5-10-27(23)34)17-24(35)19-37-25-11-12-28-26(15-25)31-22(3)38-28/h6-8,11-12,15,23-24,27,35H,4-5,9-10,13-14,16-19H2,1-3H3,(H,32,36). The number of carbonyl (C=O) groups is 1. The van der Waals surface area contributed by atoms with Gasteiger partial charge in [-0.15, -0.1) is 11.3 Å². The normalized spacial score (nSPS) is 21.6. The number of β-amino-alcohol motifs (C(OH)–C–C–N with tert-alkyl or cyclic N) is 1. The monoisotopic (exact) mass is 536 g/mol. The fourth-order valence-electron chi connectivity index (χ4n) is 6.13. The molecule has 3 atom stereocenters. The van der Waals surface area contributed by atoms with Crippen LogP contribution in [0.25, 0.3) is 10.2 Å². The maximum Gasteiger partial charge on any atom is 0.238 e. The van der Waals surface area contributed by atoms with E-state index in [0.29, 0.717) is 25.0 Å². The first-order chi connectivity index (χ1) is 18.4. The van der Waals surface area contributed by atoms with Crippen molar-refractivity contribution in [2.24, 2.45) is 5.92 Å². The van der Waals surface area contributed by atoms with Gasteiger partial charge >= 0.3 is 0 Å². The lowest BCUT2D eigenvalue weighted by Gasteiger charge is -2.38. The van der Waals surface area contributed by atoms with Crippen molar-refractivity contribution < 1.29 is 14.6 Å². The largest absolute Gasteiger partial charge is 0.491 e. The van der Waals surface area contributed by atoms with Crippen LogP contribution in [0.3, 0.4) is 0 Å². The van der Waals surface area contributed by atoms with Crippen LogP contribution in [0.5, 0.6) is 5.75 Å². The van der Waals surface area contributed by atoms with Gasteiger partial charge in [-0.25, -0.2) is 4.98 Å². The predicted molar refractivity (Wildman–Crippen MR) is 154 cm³/mol. The van der Waals surface area contributed by atoms with Gasteiger partial charge in [0.25, 0.3) is 0 Å². The molecule has 1 amide bonds. The average Bonchev–Trinajstić information content (AvgIpc) is 3.18. The average molecular weight is 537 g/mol. The molecule has 1 saturated heterocycles. The van der Waals surface area contributed by atoms with E-state index in [9.17, 15) is 9.90 Å². The lowest BCUT2D eigenvalue weighted by Crippen LogP contribution is -2.46. The molecule has 2 fully saturated rings. The van der Waals surface area contributed by atoms with E-state index in [-0.39, 0.29) is 12.5 Å². The molecule has 3 unspecified atom stereocenters. The number of aromatic nitrogens is 1. The number of aliphatic hydroxyl groups is 1. The fourth-order valence-corrected chi connectivity index (χ4v) is 6.94. The van der Waals surface area contributed by atoms with Gasteiger partial charge in [0.2, 0.25) is 5.91 Å². The summed E-state index contributed by atoms with van der Waals surface area (Å²) in [6, 6.07) is 12.5. The molecule has 1 aromatic heterocycles. The van der Waals surface area contributed by atoms with Gasteiger partial charge in [-0.05, 0) is 62.8 Å². The second-order valence-corrected chi connectivity index (χ2v) is 12.2. The van der Waals surface area contributed by atoms with Gasteiger partial charge in [0, 0.05) is 44.0 Å². The molecule has 7 nitrogen and oxygen atoms in total. The highest BCUT2D eigenvalue weighted by Gasteiger charge is 2.35. The highest BCUT2D eigenvalue weighted by Crippen LogP contribution is 2.31. The van der Waals surface area contributed by atoms with Crippen molar-refractivity contribution in [3.63, 3.8) is 0 Å². The van der Waals surface area contributed by atoms with Crippen LogP contribution in [0.4, 0.5) is 5.69 Å². The van der Waals surface area contributed by atoms with Crippen molar-refractivity contribution in [2.75, 3.05) is 44.6 Å². The highest BCUT2D eigenvalue weighted by atomic mass is 32.1. The van der Waals surface area contributed by atoms with E-state index in [1.165, 1.54) is 19.3 Å². The maximum atomic E-state index is 13.1. The summed E-state index contributed by atoms with van der Waals surface area (Å²) in [5.74, 6) is 1.31. The number of nitrogens with one attached hydrogen (secondary N) is 1. The molecule has 0 bridgehead atoms. The number of hydrogen-bond acceptors (Lipinski definition) is 7. The van der Waals surface area contributed by atoms with E-state index < -0.39 is 6.10 Å². The Balaban J connectivity index is 1.17. The summed E-state index contributed by atoms with van der Waals surface area (Å²) in [6.07, 6.45) is 4.19. The first-order valence-corrected chi connectivity index (χ1v) is 14.7. The Bertz CT molecular complexity index is 1240. The van der Waals surface area contributed by atoms with Gasteiger partial charge in [-0.3, -0.25) is 14.6 Å². The Kier molecular flexibility index (Phi) is 8.63. The molecule has 8 heteroatoms. The summed E-state index contributed by atoms with van der Waals surface area (Å²) in [7, 11) is 0. The van der Waals surface area contributed by atoms with Gasteiger partial charge in [0.1, 0.15) is 18.5 Å². The van der Waals surface area contributed by atoms with Crippen LogP contribution in [-0.4, -0.2) is 77.3 Å². The third-order valence-electron chi connectivity index (χ3n) is 8.00. The van der Waals surface area contributed by atoms with E-state index in [1.54, 1.807) is 11.3 Å². The fraction of sp³-hybridized carbons (Fsp3) is 0.533. The van der Waals surface area contributed by atoms with Crippen LogP contribution in [0.15, 0.2) is 36.4 Å². The van der Waals surface area contributed by atoms with Gasteiger partial charge in [-0.1, -0.05) is 31.0 Å². The molecule has 3 aromatic rings. The van der Waals surface area contributed by atoms with E-state index in [1.807, 2.05) is 57.2 Å². The number of carbonyl (C=O) groups excluding carboxylic acids is 1. The van der Waals surface area contributed by atoms with E-state index >= 15 is 0 Å². The minimum Gasteiger partial charge on any atom is -0.491 e. The quantitative estimate of drug-likeness (QED) is 0.432. The Morgan fingerprint density at radius 1 is 1.16 bits per heavy atom. The van der Waals surface area contributed by atoms with Crippen molar-refractivity contribution >= 4 is 33.1 Å². The first kappa shape index (κ1) is 27.1. The molecule has 38 heavy (non-hydrogen) atoms. The number of ether oxygens (including phenoxy) is 1. The number of rotatable bonds is 8. The molecule has 204 valence electrons. The first-order valence-electron chi connectivity index (χ1n) is 13.9. The van der Waals surface area contributed by atoms with Gasteiger partial charge in [-0.2, -0.15) is 0 Å². The van der Waals surface area contributed by atoms with Gasteiger partial charge in [0.15, 0.2) is 0 Å². The predicted octanol–water partition coefficient (Wildman–Crippen LogP) is 4.78. The molecule has 1 saturated carbocycles. The van der Waals surface area contributed by atoms with Crippen molar-refractivity contribution in [3.05, 3.63) is 52.5 Å². The summed E-state index contributed by atoms with van der Waals surface area (Å²) in [6.45, 7) is 9.94. The van der Waals surface area contributed by atoms with Crippen LogP contribution in [0, 0.1) is 26.7 Å². The zero-order chi connectivity index (χ0) is 26.6. The van der Waals surface area contributed by atoms with E-state index in [2.05, 4.69) is 20.1 Å². The Morgan fingerprint density at radius 3 is 2.76 bits per heavy atom. The minimum absolute atomic E-state index is 0.0564. The molecule has 0 spiro atoms. The number of aryl methyl sites for hydroxylation is 3. The minimum atomic E-state index is -0.580. The van der Waals surface area contributed by atoms with Crippen LogP contribution in [0.1, 0.15) is 41.8 Å². The second kappa shape index (κ2) is 12.1. The Hall–Kier alpha value is -2.52. The molecule has 2 aliphatic rings. The second-order valence-electron chi connectivity index (χ2n) is 11.0. The van der Waals surface area contributed by atoms with E-state index in [4.69, 9.17) is 4.74 Å². The number of nitrogens with zero attached hydrogens (tertiary/aromatic N) is 3. The molecule has 1 aliphatic carbocycles. The molecule has 5 rings (SSSR count). The molecule has 0 radical (unpaired) electrons. The summed E-state index contributed by atoms with van der Waals surface area (Å²) in [5, 5.41) is 15.1. The lowest BCUT2D eigenvalue weighted by molar-refractivity contribution is -0.118. The summed E-state index contributed by atoms with van der Waals surface area (Å²) in [4.78, 5) is 22.4. The summed E-state index contributed by atoms with van der Waals surface area (Å²) >= 11 is 1.67. The third-order valence-corrected chi connectivity index (χ3v) is 8.96. The van der Waals surface area contributed by atoms with Crippen LogP contribution in [0.2, 0.25) is 0 Å². The van der Waals surface area contributed by atoms with Crippen LogP contribution >= 0.6 is 11.3 Å². The van der Waals surface area contributed by atoms with E-state index in [0.717, 1.165) is 63.8 Å². The smallest absolute Gasteiger partial charge is 0.238 e. The molecular weight excluding hydrogens is 496 g/mol. The topological polar surface area (TPSA) is 77.9 Å². The molecule has 1 aliphatic heterocycles. The van der Waals surface area contributed by atoms with Crippen molar-refractivity contribution in [3.8, 4) is 5.75 Å². The Morgan fingerprint density at radius 2 is 1.95 bits per heavy atom. The number of hydrogen-bond donors (Lipinski definition) is 2. The summed E-state index contributed by atoms with van der Waals surface area (Å²) in [5.41, 5.74) is 4.06. The number of benzene rings is 2. The van der Waals surface area contributed by atoms with Gasteiger partial charge in [0.05, 0.1) is 21.8 Å². The lowest BCUT2D eigenvalue weighted by atomic mass is 9.83. The highest BCUT2D eigenvalue weighted by molar-refractivity contribution is 7.18. The maximum absolute atomic E-state index is 13.1. The molecule has 2 heterocycles. The van der Waals surface area contributed by atoms with Crippen molar-refractivity contribution in [2.45, 2.75) is 58.6 Å². The molecule has 2 N–H and O–H groups in total. The number of para-hydroxylation sites is 1. The van der Waals surface area contributed by atoms with Crippen molar-refractivity contribution in [1.29, 1.82) is 0 Å². The number of thiazole rings is 1. The van der Waals surface area contributed by atoms with Crippen molar-refractivity contribution in [1.82, 2.24) is 14.8 Å². The molecular formula is C30H40N4O3S. The molecule has 2 aromatic carbocycles. The zero-order valence-corrected chi connectivity index (χ0v) is 23.6. The van der Waals surface area contributed by atoms with Crippen LogP contribution in [-0.2, 0) is 4.79 Å². The number of aliphatic hydroxyl groups excluding tert-OH is 1. The van der Waals surface area contributed by atoms with Crippen LogP contribution < -0.4 is 10.1 Å². The third kappa shape index (κ3) is 6.54. The zero-order valence-electron chi connectivity index (χ0n) is 22.8. The number of amides is 1. The van der Waals surface area contributed by atoms with Gasteiger partial charge < -0.3 is 15.2 Å². The number of fused-ring (bicyclic) bond motifs is 2. The number of anilines is 1. The SMILES string of the molecule is Cc1nc2cc(OCC(O)CN3CCN(CC(=O)Nc4c(C)cccc4C)C4CCCCC4C3)ccc2s1.